The minimum atomic E-state index is 0.221. The van der Waals surface area contributed by atoms with Gasteiger partial charge in [-0.1, -0.05) is 26.0 Å². The molecule has 0 radical (unpaired) electrons. The summed E-state index contributed by atoms with van der Waals surface area (Å²) in [5.74, 6) is 0.221. The molecule has 1 amide bonds. The van der Waals surface area contributed by atoms with Crippen LogP contribution >= 0.6 is 11.8 Å². The fourth-order valence-corrected chi connectivity index (χ4v) is 3.63. The molecule has 2 unspecified atom stereocenters. The summed E-state index contributed by atoms with van der Waals surface area (Å²) in [6.45, 7) is 6.10. The van der Waals surface area contributed by atoms with Gasteiger partial charge in [-0.05, 0) is 17.7 Å². The lowest BCUT2D eigenvalue weighted by atomic mass is 10.1. The van der Waals surface area contributed by atoms with E-state index in [0.717, 1.165) is 24.3 Å². The lowest BCUT2D eigenvalue weighted by Gasteiger charge is -2.34. The molecule has 0 spiro atoms. The zero-order valence-electron chi connectivity index (χ0n) is 10.9. The Balaban J connectivity index is 1.97. The molecule has 1 heterocycles. The van der Waals surface area contributed by atoms with Gasteiger partial charge in [0.05, 0.1) is 6.42 Å². The largest absolute Gasteiger partial charge is 0.399 e. The Morgan fingerprint density at radius 2 is 1.83 bits per heavy atom. The molecule has 1 aromatic carbocycles. The minimum Gasteiger partial charge on any atom is -0.399 e. The van der Waals surface area contributed by atoms with Crippen LogP contribution in [0, 0.1) is 0 Å². The van der Waals surface area contributed by atoms with Gasteiger partial charge in [0.1, 0.15) is 0 Å². The van der Waals surface area contributed by atoms with Gasteiger partial charge in [-0.3, -0.25) is 4.79 Å². The first-order valence-corrected chi connectivity index (χ1v) is 7.26. The van der Waals surface area contributed by atoms with Crippen LogP contribution in [0.4, 0.5) is 5.69 Å². The van der Waals surface area contributed by atoms with Crippen LogP contribution in [-0.4, -0.2) is 34.4 Å². The maximum Gasteiger partial charge on any atom is 0.227 e. The summed E-state index contributed by atoms with van der Waals surface area (Å²) in [7, 11) is 0. The molecular formula is C14H20N2OS. The van der Waals surface area contributed by atoms with Crippen LogP contribution in [0.25, 0.3) is 0 Å². The second-order valence-corrected chi connectivity index (χ2v) is 6.86. The Hall–Kier alpha value is -1.16. The number of nitrogens with zero attached hydrogens (tertiary/aromatic N) is 1. The van der Waals surface area contributed by atoms with Crippen molar-refractivity contribution in [3.05, 3.63) is 29.8 Å². The molecule has 98 valence electrons. The van der Waals surface area contributed by atoms with Crippen molar-refractivity contribution in [2.45, 2.75) is 30.8 Å². The first-order chi connectivity index (χ1) is 8.54. The molecule has 2 atom stereocenters. The molecule has 0 aromatic heterocycles. The van der Waals surface area contributed by atoms with Gasteiger partial charge in [0.25, 0.3) is 0 Å². The van der Waals surface area contributed by atoms with Crippen molar-refractivity contribution in [1.29, 1.82) is 0 Å². The molecule has 1 aromatic rings. The van der Waals surface area contributed by atoms with Gasteiger partial charge >= 0.3 is 0 Å². The van der Waals surface area contributed by atoms with Crippen LogP contribution in [0.5, 0.6) is 0 Å². The Morgan fingerprint density at radius 3 is 2.39 bits per heavy atom. The summed E-state index contributed by atoms with van der Waals surface area (Å²) in [4.78, 5) is 14.2. The van der Waals surface area contributed by atoms with Crippen LogP contribution < -0.4 is 5.73 Å². The number of benzene rings is 1. The molecule has 2 N–H and O–H groups in total. The van der Waals surface area contributed by atoms with Crippen molar-refractivity contribution >= 4 is 23.4 Å². The highest BCUT2D eigenvalue weighted by Crippen LogP contribution is 2.25. The summed E-state index contributed by atoms with van der Waals surface area (Å²) in [6.07, 6.45) is 0.477. The Morgan fingerprint density at radius 1 is 1.28 bits per heavy atom. The van der Waals surface area contributed by atoms with E-state index in [1.54, 1.807) is 0 Å². The zero-order chi connectivity index (χ0) is 13.1. The molecule has 0 bridgehead atoms. The number of anilines is 1. The van der Waals surface area contributed by atoms with E-state index in [9.17, 15) is 4.79 Å². The van der Waals surface area contributed by atoms with Gasteiger partial charge in [0.15, 0.2) is 0 Å². The number of nitrogen functional groups attached to an aromatic ring is 1. The number of hydrogen-bond donors (Lipinski definition) is 1. The first-order valence-electron chi connectivity index (χ1n) is 6.32. The lowest BCUT2D eigenvalue weighted by Crippen LogP contribution is -2.44. The van der Waals surface area contributed by atoms with Gasteiger partial charge < -0.3 is 10.6 Å². The number of carbonyl (C=O) groups excluding carboxylic acids is 1. The Kier molecular flexibility index (Phi) is 4.17. The lowest BCUT2D eigenvalue weighted by molar-refractivity contribution is -0.130. The van der Waals surface area contributed by atoms with E-state index in [0.29, 0.717) is 16.9 Å². The fourth-order valence-electron chi connectivity index (χ4n) is 2.30. The molecule has 1 fully saturated rings. The number of nitrogens with two attached hydrogens (primary N) is 1. The highest BCUT2D eigenvalue weighted by Gasteiger charge is 2.25. The van der Waals surface area contributed by atoms with Crippen LogP contribution in [0.3, 0.4) is 0 Å². The normalized spacial score (nSPS) is 24.0. The van der Waals surface area contributed by atoms with Crippen molar-refractivity contribution in [3.8, 4) is 0 Å². The Bertz CT molecular complexity index is 408. The monoisotopic (exact) mass is 264 g/mol. The number of thioether (sulfide) groups is 1. The van der Waals surface area contributed by atoms with Gasteiger partial charge in [0, 0.05) is 29.3 Å². The predicted octanol–water partition coefficient (Wildman–Crippen LogP) is 2.16. The van der Waals surface area contributed by atoms with Crippen molar-refractivity contribution in [2.75, 3.05) is 18.8 Å². The summed E-state index contributed by atoms with van der Waals surface area (Å²) >= 11 is 1.96. The highest BCUT2D eigenvalue weighted by atomic mass is 32.2. The second kappa shape index (κ2) is 5.65. The van der Waals surface area contributed by atoms with E-state index in [1.165, 1.54) is 0 Å². The third-order valence-electron chi connectivity index (χ3n) is 3.11. The quantitative estimate of drug-likeness (QED) is 0.833. The smallest absolute Gasteiger partial charge is 0.227 e. The molecular weight excluding hydrogens is 244 g/mol. The molecule has 3 nitrogen and oxygen atoms in total. The van der Waals surface area contributed by atoms with Gasteiger partial charge in [-0.2, -0.15) is 11.8 Å². The molecule has 2 rings (SSSR count). The zero-order valence-corrected chi connectivity index (χ0v) is 11.7. The average molecular weight is 264 g/mol. The Labute approximate surface area is 113 Å². The third-order valence-corrected chi connectivity index (χ3v) is 4.33. The van der Waals surface area contributed by atoms with Crippen LogP contribution in [-0.2, 0) is 11.2 Å². The van der Waals surface area contributed by atoms with Crippen molar-refractivity contribution in [2.24, 2.45) is 0 Å². The van der Waals surface area contributed by atoms with Crippen molar-refractivity contribution in [1.82, 2.24) is 4.90 Å². The molecule has 1 saturated heterocycles. The van der Waals surface area contributed by atoms with Crippen molar-refractivity contribution < 1.29 is 4.79 Å². The van der Waals surface area contributed by atoms with Crippen LogP contribution in [0.15, 0.2) is 24.3 Å². The van der Waals surface area contributed by atoms with E-state index >= 15 is 0 Å². The molecule has 0 saturated carbocycles. The first kappa shape index (κ1) is 13.3. The van der Waals surface area contributed by atoms with Gasteiger partial charge in [0.2, 0.25) is 5.91 Å². The number of hydrogen-bond acceptors (Lipinski definition) is 3. The van der Waals surface area contributed by atoms with Crippen LogP contribution in [0.1, 0.15) is 19.4 Å². The summed E-state index contributed by atoms with van der Waals surface area (Å²) in [5, 5.41) is 1.06. The standard InChI is InChI=1S/C14H20N2OS/c1-10-8-16(9-11(2)18-10)14(17)7-12-3-5-13(15)6-4-12/h3-6,10-11H,7-9,15H2,1-2H3. The number of amides is 1. The maximum atomic E-state index is 12.2. The summed E-state index contributed by atoms with van der Waals surface area (Å²) in [5.41, 5.74) is 7.41. The average Bonchev–Trinajstić information content (AvgIpc) is 2.31. The van der Waals surface area contributed by atoms with Gasteiger partial charge in [-0.15, -0.1) is 0 Å². The van der Waals surface area contributed by atoms with E-state index in [2.05, 4.69) is 13.8 Å². The topological polar surface area (TPSA) is 46.3 Å². The number of carbonyl (C=O) groups is 1. The third kappa shape index (κ3) is 3.42. The van der Waals surface area contributed by atoms with E-state index in [-0.39, 0.29) is 5.91 Å². The maximum absolute atomic E-state index is 12.2. The molecule has 0 aliphatic carbocycles. The molecule has 1 aliphatic rings. The molecule has 1 aliphatic heterocycles. The van der Waals surface area contributed by atoms with Crippen molar-refractivity contribution in [3.63, 3.8) is 0 Å². The fraction of sp³-hybridized carbons (Fsp3) is 0.500. The van der Waals surface area contributed by atoms with Crippen LogP contribution in [0.2, 0.25) is 0 Å². The SMILES string of the molecule is CC1CN(C(=O)Cc2ccc(N)cc2)CC(C)S1. The predicted molar refractivity (Wildman–Crippen MR) is 77.7 cm³/mol. The second-order valence-electron chi connectivity index (χ2n) is 4.97. The van der Waals surface area contributed by atoms with Gasteiger partial charge in [-0.25, -0.2) is 0 Å². The van der Waals surface area contributed by atoms with E-state index < -0.39 is 0 Å². The minimum absolute atomic E-state index is 0.221. The van der Waals surface area contributed by atoms with E-state index in [4.69, 9.17) is 5.73 Å². The van der Waals surface area contributed by atoms with E-state index in [1.807, 2.05) is 40.9 Å². The molecule has 4 heteroatoms. The number of rotatable bonds is 2. The highest BCUT2D eigenvalue weighted by molar-refractivity contribution is 8.00. The summed E-state index contributed by atoms with van der Waals surface area (Å²) < 4.78 is 0. The molecule has 18 heavy (non-hydrogen) atoms. The summed E-state index contributed by atoms with van der Waals surface area (Å²) in [6, 6.07) is 7.55.